The number of aromatic nitrogens is 3. The van der Waals surface area contributed by atoms with Crippen LogP contribution >= 0.6 is 0 Å². The van der Waals surface area contributed by atoms with Crippen molar-refractivity contribution in [1.29, 1.82) is 0 Å². The van der Waals surface area contributed by atoms with Gasteiger partial charge in [0.25, 0.3) is 0 Å². The van der Waals surface area contributed by atoms with Crippen LogP contribution in [0.3, 0.4) is 0 Å². The molecule has 5 nitrogen and oxygen atoms in total. The molecule has 0 aliphatic carbocycles. The molecule has 1 N–H and O–H groups in total. The Morgan fingerprint density at radius 2 is 2.11 bits per heavy atom. The van der Waals surface area contributed by atoms with Crippen LogP contribution in [0, 0.1) is 0 Å². The Balaban J connectivity index is 1.78. The third-order valence-corrected chi connectivity index (χ3v) is 4.50. The van der Waals surface area contributed by atoms with Crippen LogP contribution in [0.15, 0.2) is 0 Å². The van der Waals surface area contributed by atoms with Crippen LogP contribution in [0.4, 0.5) is 0 Å². The first-order valence-corrected chi connectivity index (χ1v) is 7.53. The van der Waals surface area contributed by atoms with Crippen molar-refractivity contribution >= 4 is 0 Å². The Kier molecular flexibility index (Phi) is 3.58. The Hall–Kier alpha value is -0.940. The van der Waals surface area contributed by atoms with E-state index in [0.29, 0.717) is 12.1 Å². The SMILES string of the molecule is CC(C)N1CCCC1Cc1nnc2n1C(O)CCC2. The zero-order valence-corrected chi connectivity index (χ0v) is 11.9. The molecular weight excluding hydrogens is 240 g/mol. The summed E-state index contributed by atoms with van der Waals surface area (Å²) in [5.74, 6) is 1.93. The molecule has 0 spiro atoms. The van der Waals surface area contributed by atoms with E-state index in [9.17, 15) is 5.11 Å². The first-order valence-electron chi connectivity index (χ1n) is 7.53. The van der Waals surface area contributed by atoms with Crippen molar-refractivity contribution in [2.24, 2.45) is 0 Å². The first kappa shape index (κ1) is 13.1. The van der Waals surface area contributed by atoms with Gasteiger partial charge in [0.15, 0.2) is 0 Å². The lowest BCUT2D eigenvalue weighted by Crippen LogP contribution is -2.37. The molecule has 1 fully saturated rings. The molecule has 2 unspecified atom stereocenters. The van der Waals surface area contributed by atoms with E-state index in [1.54, 1.807) is 0 Å². The maximum Gasteiger partial charge on any atom is 0.136 e. The quantitative estimate of drug-likeness (QED) is 0.899. The van der Waals surface area contributed by atoms with Gasteiger partial charge in [0.2, 0.25) is 0 Å². The predicted octanol–water partition coefficient (Wildman–Crippen LogP) is 1.52. The molecule has 19 heavy (non-hydrogen) atoms. The fraction of sp³-hybridized carbons (Fsp3) is 0.857. The Bertz CT molecular complexity index is 443. The second-order valence-corrected chi connectivity index (χ2v) is 6.11. The number of fused-ring (bicyclic) bond motifs is 1. The van der Waals surface area contributed by atoms with E-state index >= 15 is 0 Å². The van der Waals surface area contributed by atoms with Gasteiger partial charge in [-0.25, -0.2) is 0 Å². The standard InChI is InChI=1S/C14H24N4O/c1-10(2)17-8-4-5-11(17)9-13-16-15-12-6-3-7-14(19)18(12)13/h10-11,14,19H,3-9H2,1-2H3. The van der Waals surface area contributed by atoms with Crippen LogP contribution in [-0.4, -0.2) is 43.4 Å². The van der Waals surface area contributed by atoms with Crippen LogP contribution in [-0.2, 0) is 12.8 Å². The lowest BCUT2D eigenvalue weighted by molar-refractivity contribution is 0.0733. The average Bonchev–Trinajstić information content (AvgIpc) is 2.98. The molecule has 106 valence electrons. The van der Waals surface area contributed by atoms with E-state index in [0.717, 1.165) is 37.3 Å². The highest BCUT2D eigenvalue weighted by molar-refractivity contribution is 5.03. The van der Waals surface area contributed by atoms with Crippen LogP contribution in [0.1, 0.15) is 57.4 Å². The maximum absolute atomic E-state index is 10.1. The molecule has 0 saturated carbocycles. The fourth-order valence-corrected chi connectivity index (χ4v) is 3.55. The van der Waals surface area contributed by atoms with E-state index in [-0.39, 0.29) is 0 Å². The van der Waals surface area contributed by atoms with Crippen molar-refractivity contribution in [2.45, 2.75) is 70.7 Å². The van der Waals surface area contributed by atoms with Crippen molar-refractivity contribution < 1.29 is 5.11 Å². The summed E-state index contributed by atoms with van der Waals surface area (Å²) in [5.41, 5.74) is 0. The second kappa shape index (κ2) is 5.21. The van der Waals surface area contributed by atoms with Gasteiger partial charge in [-0.05, 0) is 46.1 Å². The third kappa shape index (κ3) is 2.41. The molecule has 2 atom stereocenters. The van der Waals surface area contributed by atoms with Gasteiger partial charge in [0.05, 0.1) is 0 Å². The molecule has 2 aliphatic heterocycles. The zero-order chi connectivity index (χ0) is 13.4. The maximum atomic E-state index is 10.1. The van der Waals surface area contributed by atoms with Crippen LogP contribution in [0.2, 0.25) is 0 Å². The lowest BCUT2D eigenvalue weighted by Gasteiger charge is -2.29. The molecule has 2 aliphatic rings. The molecule has 3 rings (SSSR count). The van der Waals surface area contributed by atoms with Crippen molar-refractivity contribution in [2.75, 3.05) is 6.54 Å². The number of hydrogen-bond acceptors (Lipinski definition) is 4. The highest BCUT2D eigenvalue weighted by Crippen LogP contribution is 2.27. The number of likely N-dealkylation sites (tertiary alicyclic amines) is 1. The molecule has 1 aromatic rings. The number of nitrogens with zero attached hydrogens (tertiary/aromatic N) is 4. The average molecular weight is 264 g/mol. The molecule has 0 bridgehead atoms. The van der Waals surface area contributed by atoms with Gasteiger partial charge in [-0.2, -0.15) is 0 Å². The van der Waals surface area contributed by atoms with Crippen molar-refractivity contribution in [3.05, 3.63) is 11.6 Å². The summed E-state index contributed by atoms with van der Waals surface area (Å²) in [4.78, 5) is 2.55. The van der Waals surface area contributed by atoms with E-state index in [1.807, 2.05) is 4.57 Å². The van der Waals surface area contributed by atoms with Gasteiger partial charge in [0, 0.05) is 24.9 Å². The summed E-state index contributed by atoms with van der Waals surface area (Å²) in [6, 6.07) is 1.14. The Morgan fingerprint density at radius 1 is 1.26 bits per heavy atom. The molecular formula is C14H24N4O. The summed E-state index contributed by atoms with van der Waals surface area (Å²) in [6.45, 7) is 5.70. The minimum Gasteiger partial charge on any atom is -0.373 e. The summed E-state index contributed by atoms with van der Waals surface area (Å²) < 4.78 is 1.97. The number of aliphatic hydroxyl groups is 1. The summed E-state index contributed by atoms with van der Waals surface area (Å²) >= 11 is 0. The van der Waals surface area contributed by atoms with Crippen molar-refractivity contribution in [1.82, 2.24) is 19.7 Å². The molecule has 1 saturated heterocycles. The molecule has 0 amide bonds. The van der Waals surface area contributed by atoms with Gasteiger partial charge >= 0.3 is 0 Å². The zero-order valence-electron chi connectivity index (χ0n) is 11.9. The highest BCUT2D eigenvalue weighted by Gasteiger charge is 2.30. The number of aliphatic hydroxyl groups excluding tert-OH is 1. The molecule has 0 radical (unpaired) electrons. The van der Waals surface area contributed by atoms with Crippen LogP contribution in [0.5, 0.6) is 0 Å². The first-order chi connectivity index (χ1) is 9.16. The monoisotopic (exact) mass is 264 g/mol. The van der Waals surface area contributed by atoms with E-state index in [1.165, 1.54) is 19.4 Å². The largest absolute Gasteiger partial charge is 0.373 e. The molecule has 3 heterocycles. The van der Waals surface area contributed by atoms with E-state index in [4.69, 9.17) is 0 Å². The highest BCUT2D eigenvalue weighted by atomic mass is 16.3. The van der Waals surface area contributed by atoms with Gasteiger partial charge < -0.3 is 5.11 Å². The normalized spacial score (nSPS) is 28.0. The Labute approximate surface area is 114 Å². The third-order valence-electron chi connectivity index (χ3n) is 4.50. The second-order valence-electron chi connectivity index (χ2n) is 6.11. The van der Waals surface area contributed by atoms with Gasteiger partial charge in [-0.1, -0.05) is 0 Å². The summed E-state index contributed by atoms with van der Waals surface area (Å²) in [7, 11) is 0. The summed E-state index contributed by atoms with van der Waals surface area (Å²) in [6.07, 6.45) is 5.80. The van der Waals surface area contributed by atoms with Gasteiger partial charge in [0.1, 0.15) is 17.9 Å². The fourth-order valence-electron chi connectivity index (χ4n) is 3.55. The topological polar surface area (TPSA) is 54.2 Å². The van der Waals surface area contributed by atoms with Crippen molar-refractivity contribution in [3.8, 4) is 0 Å². The molecule has 5 heteroatoms. The van der Waals surface area contributed by atoms with Crippen LogP contribution < -0.4 is 0 Å². The Morgan fingerprint density at radius 3 is 2.89 bits per heavy atom. The number of hydrogen-bond donors (Lipinski definition) is 1. The smallest absolute Gasteiger partial charge is 0.136 e. The van der Waals surface area contributed by atoms with Gasteiger partial charge in [-0.3, -0.25) is 9.47 Å². The summed E-state index contributed by atoms with van der Waals surface area (Å²) in [5, 5.41) is 18.7. The number of aryl methyl sites for hydroxylation is 1. The van der Waals surface area contributed by atoms with Crippen molar-refractivity contribution in [3.63, 3.8) is 0 Å². The van der Waals surface area contributed by atoms with Crippen LogP contribution in [0.25, 0.3) is 0 Å². The minimum absolute atomic E-state index is 0.414. The van der Waals surface area contributed by atoms with E-state index in [2.05, 4.69) is 28.9 Å². The minimum atomic E-state index is -0.414. The number of rotatable bonds is 3. The molecule has 1 aromatic heterocycles. The van der Waals surface area contributed by atoms with E-state index < -0.39 is 6.23 Å². The lowest BCUT2D eigenvalue weighted by atomic mass is 10.1. The van der Waals surface area contributed by atoms with Gasteiger partial charge in [-0.15, -0.1) is 10.2 Å². The molecule has 0 aromatic carbocycles. The predicted molar refractivity (Wildman–Crippen MR) is 72.8 cm³/mol.